The molecular weight excluding hydrogens is 288 g/mol. The van der Waals surface area contributed by atoms with Gasteiger partial charge in [0, 0.05) is 18.0 Å². The Bertz CT molecular complexity index is 617. The third-order valence-electron chi connectivity index (χ3n) is 6.45. The highest BCUT2D eigenvalue weighted by Crippen LogP contribution is 2.60. The minimum atomic E-state index is -0.160. The van der Waals surface area contributed by atoms with Crippen LogP contribution in [0.2, 0.25) is 0 Å². The molecular formula is C19H26N2O2. The molecule has 0 radical (unpaired) electrons. The van der Waals surface area contributed by atoms with Crippen LogP contribution in [0.15, 0.2) is 24.3 Å². The van der Waals surface area contributed by atoms with Crippen molar-refractivity contribution < 1.29 is 9.90 Å². The van der Waals surface area contributed by atoms with Gasteiger partial charge in [-0.25, -0.2) is 4.79 Å². The summed E-state index contributed by atoms with van der Waals surface area (Å²) < 4.78 is 0. The summed E-state index contributed by atoms with van der Waals surface area (Å²) in [6.45, 7) is 2.97. The van der Waals surface area contributed by atoms with Crippen molar-refractivity contribution in [3.63, 3.8) is 0 Å². The summed E-state index contributed by atoms with van der Waals surface area (Å²) in [5, 5.41) is 15.7. The summed E-state index contributed by atoms with van der Waals surface area (Å²) in [6, 6.07) is 8.72. The molecule has 5 unspecified atom stereocenters. The zero-order chi connectivity index (χ0) is 16.0. The monoisotopic (exact) mass is 314 g/mol. The average molecular weight is 314 g/mol. The lowest BCUT2D eigenvalue weighted by molar-refractivity contribution is 0.121. The van der Waals surface area contributed by atoms with Gasteiger partial charge in [0.15, 0.2) is 0 Å². The second-order valence-electron chi connectivity index (χ2n) is 7.87. The van der Waals surface area contributed by atoms with Crippen molar-refractivity contribution in [3.8, 4) is 0 Å². The van der Waals surface area contributed by atoms with E-state index in [0.29, 0.717) is 11.8 Å². The van der Waals surface area contributed by atoms with Crippen LogP contribution in [0.5, 0.6) is 0 Å². The van der Waals surface area contributed by atoms with Crippen LogP contribution >= 0.6 is 0 Å². The summed E-state index contributed by atoms with van der Waals surface area (Å²) in [4.78, 5) is 12.2. The van der Waals surface area contributed by atoms with Gasteiger partial charge in [0.1, 0.15) is 0 Å². The SMILES string of the molecule is CC1(CO)CCCC1NC(=O)NCC1C2Cc3ccccc3C12. The maximum Gasteiger partial charge on any atom is 0.315 e. The predicted molar refractivity (Wildman–Crippen MR) is 89.2 cm³/mol. The Morgan fingerprint density at radius 2 is 2.22 bits per heavy atom. The van der Waals surface area contributed by atoms with E-state index >= 15 is 0 Å². The van der Waals surface area contributed by atoms with Crippen molar-refractivity contribution in [2.45, 2.75) is 44.6 Å². The first-order valence-corrected chi connectivity index (χ1v) is 8.85. The summed E-state index contributed by atoms with van der Waals surface area (Å²) in [5.41, 5.74) is 2.83. The van der Waals surface area contributed by atoms with Gasteiger partial charge in [0.05, 0.1) is 6.61 Å². The van der Waals surface area contributed by atoms with E-state index in [1.54, 1.807) is 0 Å². The lowest BCUT2D eigenvalue weighted by Crippen LogP contribution is -2.49. The van der Waals surface area contributed by atoms with Crippen molar-refractivity contribution in [1.82, 2.24) is 10.6 Å². The first-order valence-electron chi connectivity index (χ1n) is 8.85. The number of amides is 2. The van der Waals surface area contributed by atoms with Crippen molar-refractivity contribution in [1.29, 1.82) is 0 Å². The van der Waals surface area contributed by atoms with Crippen LogP contribution < -0.4 is 10.6 Å². The lowest BCUT2D eigenvalue weighted by atomic mass is 9.86. The smallest absolute Gasteiger partial charge is 0.315 e. The Morgan fingerprint density at radius 3 is 3.04 bits per heavy atom. The van der Waals surface area contributed by atoms with Gasteiger partial charge in [-0.3, -0.25) is 0 Å². The molecule has 3 N–H and O–H groups in total. The molecule has 0 heterocycles. The van der Waals surface area contributed by atoms with E-state index in [0.717, 1.165) is 31.7 Å². The fraction of sp³-hybridized carbons (Fsp3) is 0.632. The number of nitrogens with one attached hydrogen (secondary N) is 2. The van der Waals surface area contributed by atoms with Gasteiger partial charge in [-0.15, -0.1) is 0 Å². The van der Waals surface area contributed by atoms with Crippen molar-refractivity contribution >= 4 is 6.03 Å². The predicted octanol–water partition coefficient (Wildman–Crippen LogP) is 2.42. The number of carbonyl (C=O) groups is 1. The number of rotatable bonds is 4. The summed E-state index contributed by atoms with van der Waals surface area (Å²) in [6.07, 6.45) is 4.19. The highest BCUT2D eigenvalue weighted by Gasteiger charge is 2.55. The molecule has 0 aliphatic heterocycles. The number of hydrogen-bond donors (Lipinski definition) is 3. The Kier molecular flexibility index (Phi) is 3.60. The van der Waals surface area contributed by atoms with Crippen LogP contribution in [0.25, 0.3) is 0 Å². The minimum Gasteiger partial charge on any atom is -0.396 e. The fourth-order valence-electron chi connectivity index (χ4n) is 4.85. The van der Waals surface area contributed by atoms with E-state index in [1.807, 2.05) is 0 Å². The van der Waals surface area contributed by atoms with Crippen LogP contribution in [0.4, 0.5) is 4.79 Å². The molecule has 2 saturated carbocycles. The number of hydrogen-bond acceptors (Lipinski definition) is 2. The van der Waals surface area contributed by atoms with Gasteiger partial charge in [0.25, 0.3) is 0 Å². The number of aliphatic hydroxyl groups is 1. The van der Waals surface area contributed by atoms with Gasteiger partial charge >= 0.3 is 6.03 Å². The highest BCUT2D eigenvalue weighted by atomic mass is 16.3. The van der Waals surface area contributed by atoms with Crippen LogP contribution in [-0.4, -0.2) is 30.3 Å². The molecule has 0 saturated heterocycles. The summed E-state index contributed by atoms with van der Waals surface area (Å²) >= 11 is 0. The Labute approximate surface area is 137 Å². The molecule has 1 aromatic carbocycles. The van der Waals surface area contributed by atoms with Gasteiger partial charge in [-0.1, -0.05) is 37.6 Å². The second kappa shape index (κ2) is 5.52. The van der Waals surface area contributed by atoms with Crippen LogP contribution in [0.3, 0.4) is 0 Å². The molecule has 5 atom stereocenters. The van der Waals surface area contributed by atoms with Crippen LogP contribution in [0, 0.1) is 17.3 Å². The second-order valence-corrected chi connectivity index (χ2v) is 7.87. The summed E-state index contributed by atoms with van der Waals surface area (Å²) in [7, 11) is 0. The molecule has 1 aromatic rings. The molecule has 3 aliphatic carbocycles. The van der Waals surface area contributed by atoms with Crippen molar-refractivity contribution in [2.24, 2.45) is 17.3 Å². The van der Waals surface area contributed by atoms with Crippen LogP contribution in [-0.2, 0) is 6.42 Å². The molecule has 0 aromatic heterocycles. The van der Waals surface area contributed by atoms with Crippen molar-refractivity contribution in [3.05, 3.63) is 35.4 Å². The number of benzene rings is 1. The van der Waals surface area contributed by atoms with Gasteiger partial charge in [-0.05, 0) is 48.1 Å². The van der Waals surface area contributed by atoms with E-state index in [4.69, 9.17) is 0 Å². The van der Waals surface area contributed by atoms with Gasteiger partial charge in [0.2, 0.25) is 0 Å². The molecule has 23 heavy (non-hydrogen) atoms. The zero-order valence-corrected chi connectivity index (χ0v) is 13.7. The maximum atomic E-state index is 12.2. The third-order valence-corrected chi connectivity index (χ3v) is 6.45. The molecule has 2 fully saturated rings. The average Bonchev–Trinajstić information content (AvgIpc) is 2.89. The Balaban J connectivity index is 1.28. The van der Waals surface area contributed by atoms with Gasteiger partial charge in [-0.2, -0.15) is 0 Å². The minimum absolute atomic E-state index is 0.0742. The molecule has 0 bridgehead atoms. The number of aliphatic hydroxyl groups excluding tert-OH is 1. The maximum absolute atomic E-state index is 12.2. The van der Waals surface area contributed by atoms with E-state index in [-0.39, 0.29) is 24.1 Å². The molecule has 4 nitrogen and oxygen atoms in total. The largest absolute Gasteiger partial charge is 0.396 e. The molecule has 0 spiro atoms. The van der Waals surface area contributed by atoms with Crippen LogP contribution in [0.1, 0.15) is 43.2 Å². The zero-order valence-electron chi connectivity index (χ0n) is 13.7. The number of fused-ring (bicyclic) bond motifs is 3. The molecule has 2 amide bonds. The molecule has 4 rings (SSSR count). The number of carbonyl (C=O) groups excluding carboxylic acids is 1. The van der Waals surface area contributed by atoms with Gasteiger partial charge < -0.3 is 15.7 Å². The quantitative estimate of drug-likeness (QED) is 0.799. The van der Waals surface area contributed by atoms with Crippen molar-refractivity contribution in [2.75, 3.05) is 13.2 Å². The fourth-order valence-corrected chi connectivity index (χ4v) is 4.85. The standard InChI is InChI=1S/C19H26N2O2/c1-19(11-22)8-4-7-16(19)21-18(23)20-10-15-14-9-12-5-2-3-6-13(12)17(14)15/h2-3,5-6,14-17,22H,4,7-11H2,1H3,(H2,20,21,23). The third kappa shape index (κ3) is 2.53. The van der Waals surface area contributed by atoms with E-state index < -0.39 is 0 Å². The molecule has 3 aliphatic rings. The highest BCUT2D eigenvalue weighted by molar-refractivity contribution is 5.74. The van der Waals surface area contributed by atoms with E-state index in [2.05, 4.69) is 41.8 Å². The lowest BCUT2D eigenvalue weighted by Gasteiger charge is -2.30. The molecule has 124 valence electrons. The summed E-state index contributed by atoms with van der Waals surface area (Å²) in [5.74, 6) is 1.98. The molecule has 4 heteroatoms. The first kappa shape index (κ1) is 15.0. The topological polar surface area (TPSA) is 61.4 Å². The Hall–Kier alpha value is -1.55. The number of urea groups is 1. The first-order chi connectivity index (χ1) is 11.1. The Morgan fingerprint density at radius 1 is 1.39 bits per heavy atom. The van der Waals surface area contributed by atoms with E-state index in [9.17, 15) is 9.90 Å². The van der Waals surface area contributed by atoms with E-state index in [1.165, 1.54) is 17.5 Å². The normalized spacial score (nSPS) is 37.1.